The number of phenols is 1. The maximum atomic E-state index is 13.5. The predicted octanol–water partition coefficient (Wildman–Crippen LogP) is 0.0537. The summed E-state index contributed by atoms with van der Waals surface area (Å²) in [4.78, 5) is 12.4. The molecular weight excluding hydrogens is 500 g/mol. The third-order valence-corrected chi connectivity index (χ3v) is 7.11. The lowest BCUT2D eigenvalue weighted by Crippen LogP contribution is -2.36. The molecule has 0 radical (unpaired) electrons. The fourth-order valence-corrected chi connectivity index (χ4v) is 5.04. The molecule has 182 valence electrons. The summed E-state index contributed by atoms with van der Waals surface area (Å²) in [7, 11) is -9.14. The van der Waals surface area contributed by atoms with Crippen LogP contribution in [-0.2, 0) is 20.2 Å². The molecule has 0 unspecified atom stereocenters. The minimum Gasteiger partial charge on any atom is -0.506 e. The number of aromatic nitrogens is 4. The van der Waals surface area contributed by atoms with E-state index in [1.54, 1.807) is 0 Å². The molecule has 0 saturated heterocycles. The number of aromatic amines is 2. The lowest BCUT2D eigenvalue weighted by Gasteiger charge is -2.11. The van der Waals surface area contributed by atoms with Gasteiger partial charge in [0.1, 0.15) is 10.6 Å². The minimum absolute atomic E-state index is 0.0331. The molecular formula is C21H18N4O8S2. The van der Waals surface area contributed by atoms with E-state index >= 15 is 0 Å². The second-order valence-electron chi connectivity index (χ2n) is 7.55. The summed E-state index contributed by atoms with van der Waals surface area (Å²) >= 11 is 0. The maximum Gasteiger partial charge on any atom is 0.298 e. The first-order valence-corrected chi connectivity index (χ1v) is 12.6. The first kappa shape index (κ1) is 24.2. The Labute approximate surface area is 198 Å². The monoisotopic (exact) mass is 518 g/mol. The fourth-order valence-electron chi connectivity index (χ4n) is 3.77. The Morgan fingerprint density at radius 1 is 1.03 bits per heavy atom. The highest BCUT2D eigenvalue weighted by molar-refractivity contribution is 7.86. The van der Waals surface area contributed by atoms with Gasteiger partial charge in [0.25, 0.3) is 25.8 Å². The van der Waals surface area contributed by atoms with Crippen molar-refractivity contribution < 1.29 is 31.0 Å². The summed E-state index contributed by atoms with van der Waals surface area (Å²) in [5.41, 5.74) is 0.582. The van der Waals surface area contributed by atoms with Crippen LogP contribution in [0.15, 0.2) is 63.4 Å². The van der Waals surface area contributed by atoms with Crippen LogP contribution in [-0.4, -0.2) is 51.0 Å². The maximum absolute atomic E-state index is 13.5. The minimum atomic E-state index is -4.71. The molecule has 0 atom stereocenters. The second kappa shape index (κ2) is 8.35. The van der Waals surface area contributed by atoms with Gasteiger partial charge in [-0.3, -0.25) is 24.1 Å². The van der Waals surface area contributed by atoms with E-state index in [4.69, 9.17) is 0 Å². The topological polar surface area (TPSA) is 195 Å². The Kier molecular flexibility index (Phi) is 5.76. The molecule has 2 heterocycles. The molecule has 0 aliphatic heterocycles. The number of nitrogens with one attached hydrogen (secondary N) is 2. The number of hydrogen-bond donors (Lipinski definition) is 5. The molecule has 0 bridgehead atoms. The molecule has 0 aliphatic rings. The molecule has 4 rings (SSSR count). The molecule has 0 aliphatic carbocycles. The lowest BCUT2D eigenvalue weighted by molar-refractivity contribution is 0.441. The number of aromatic hydroxyl groups is 1. The van der Waals surface area contributed by atoms with Gasteiger partial charge < -0.3 is 5.11 Å². The highest BCUT2D eigenvalue weighted by Gasteiger charge is 2.22. The molecule has 35 heavy (non-hydrogen) atoms. The SMILES string of the molecule is C=c1[nH]n(-c2ccc(S(=O)(=O)O)cc2)c(=O)c1=C(c1cn[nH]c1)c1cc(C)c(S(=O)(=O)O)c(O)c1. The van der Waals surface area contributed by atoms with Crippen LogP contribution in [0.5, 0.6) is 5.75 Å². The Hall–Kier alpha value is -3.98. The molecule has 5 N–H and O–H groups in total. The van der Waals surface area contributed by atoms with Crippen molar-refractivity contribution in [3.8, 4) is 11.4 Å². The molecule has 12 nitrogen and oxygen atoms in total. The first-order valence-electron chi connectivity index (χ1n) is 9.72. The number of H-pyrrole nitrogens is 2. The van der Waals surface area contributed by atoms with Gasteiger partial charge in [-0.1, -0.05) is 6.58 Å². The average Bonchev–Trinajstić information content (AvgIpc) is 3.36. The van der Waals surface area contributed by atoms with Gasteiger partial charge in [0.05, 0.1) is 27.3 Å². The fraction of sp³-hybridized carbons (Fsp3) is 0.0476. The van der Waals surface area contributed by atoms with Crippen molar-refractivity contribution in [2.24, 2.45) is 0 Å². The van der Waals surface area contributed by atoms with Crippen LogP contribution >= 0.6 is 0 Å². The zero-order chi connectivity index (χ0) is 25.7. The molecule has 14 heteroatoms. The summed E-state index contributed by atoms with van der Waals surface area (Å²) in [5.74, 6) is -0.717. The van der Waals surface area contributed by atoms with Gasteiger partial charge in [-0.25, -0.2) is 4.68 Å². The molecule has 4 aromatic rings. The molecule has 0 amide bonds. The van der Waals surface area contributed by atoms with Gasteiger partial charge in [0.15, 0.2) is 0 Å². The summed E-state index contributed by atoms with van der Waals surface area (Å²) in [5, 5.41) is 19.9. The summed E-state index contributed by atoms with van der Waals surface area (Å²) in [6.45, 7) is 5.25. The normalized spacial score (nSPS) is 13.1. The Morgan fingerprint density at radius 3 is 2.20 bits per heavy atom. The number of nitrogens with zero attached hydrogens (tertiary/aromatic N) is 2. The highest BCUT2D eigenvalue weighted by Crippen LogP contribution is 2.31. The zero-order valence-electron chi connectivity index (χ0n) is 17.9. The molecule has 2 aromatic heterocycles. The molecule has 2 aromatic carbocycles. The van der Waals surface area contributed by atoms with E-state index < -0.39 is 36.4 Å². The van der Waals surface area contributed by atoms with Crippen molar-refractivity contribution >= 4 is 32.4 Å². The van der Waals surface area contributed by atoms with E-state index in [2.05, 4.69) is 21.9 Å². The molecule has 0 saturated carbocycles. The van der Waals surface area contributed by atoms with Crippen LogP contribution in [0.3, 0.4) is 0 Å². The molecule has 0 spiro atoms. The van der Waals surface area contributed by atoms with Crippen LogP contribution < -0.4 is 16.1 Å². The summed E-state index contributed by atoms with van der Waals surface area (Å²) in [6.07, 6.45) is 2.89. The molecule has 0 fully saturated rings. The quantitative estimate of drug-likeness (QED) is 0.227. The number of benzene rings is 2. The highest BCUT2D eigenvalue weighted by atomic mass is 32.2. The standard InChI is InChI=1S/C21H18N4O8S2/c1-11-7-13(8-17(26)20(11)35(31,32)33)19(14-9-22-23-10-14)18-12(2)24-25(21(18)27)15-3-5-16(6-4-15)34(28,29)30/h3-10,24,26H,2H2,1H3,(H,22,23)(H,28,29,30)(H,31,32,33). The smallest absolute Gasteiger partial charge is 0.298 e. The van der Waals surface area contributed by atoms with E-state index in [9.17, 15) is 35.8 Å². The third kappa shape index (κ3) is 4.42. The van der Waals surface area contributed by atoms with Crippen LogP contribution in [0.25, 0.3) is 17.8 Å². The van der Waals surface area contributed by atoms with Crippen LogP contribution in [0.4, 0.5) is 0 Å². The van der Waals surface area contributed by atoms with E-state index in [1.165, 1.54) is 37.5 Å². The van der Waals surface area contributed by atoms with Crippen LogP contribution in [0.2, 0.25) is 0 Å². The Balaban J connectivity index is 2.04. The zero-order valence-corrected chi connectivity index (χ0v) is 19.6. The second-order valence-corrected chi connectivity index (χ2v) is 10.3. The van der Waals surface area contributed by atoms with E-state index in [1.807, 2.05) is 0 Å². The van der Waals surface area contributed by atoms with Gasteiger partial charge in [0.2, 0.25) is 0 Å². The third-order valence-electron chi connectivity index (χ3n) is 5.20. The van der Waals surface area contributed by atoms with E-state index in [0.717, 1.165) is 22.9 Å². The van der Waals surface area contributed by atoms with E-state index in [-0.39, 0.29) is 37.9 Å². The number of phenolic OH excluding ortho intramolecular Hbond substituents is 1. The van der Waals surface area contributed by atoms with Crippen molar-refractivity contribution in [3.63, 3.8) is 0 Å². The number of rotatable bonds is 5. The Bertz CT molecular complexity index is 1810. The van der Waals surface area contributed by atoms with Gasteiger partial charge in [-0.05, 0) is 54.4 Å². The number of hydrogen-bond acceptors (Lipinski definition) is 7. The predicted molar refractivity (Wildman–Crippen MR) is 124 cm³/mol. The summed E-state index contributed by atoms with van der Waals surface area (Å²) < 4.78 is 65.6. The number of aryl methyl sites for hydroxylation is 1. The largest absolute Gasteiger partial charge is 0.506 e. The van der Waals surface area contributed by atoms with Gasteiger partial charge >= 0.3 is 0 Å². The first-order chi connectivity index (χ1) is 16.3. The van der Waals surface area contributed by atoms with Crippen molar-refractivity contribution in [3.05, 3.63) is 86.4 Å². The van der Waals surface area contributed by atoms with E-state index in [0.29, 0.717) is 5.56 Å². The Morgan fingerprint density at radius 2 is 1.69 bits per heavy atom. The average molecular weight is 519 g/mol. The lowest BCUT2D eigenvalue weighted by atomic mass is 9.97. The van der Waals surface area contributed by atoms with Crippen molar-refractivity contribution in [1.82, 2.24) is 20.0 Å². The van der Waals surface area contributed by atoms with Crippen LogP contribution in [0.1, 0.15) is 16.7 Å². The van der Waals surface area contributed by atoms with Gasteiger partial charge in [-0.2, -0.15) is 21.9 Å². The van der Waals surface area contributed by atoms with Gasteiger partial charge in [0, 0.05) is 17.3 Å². The van der Waals surface area contributed by atoms with Crippen molar-refractivity contribution in [2.45, 2.75) is 16.7 Å². The van der Waals surface area contributed by atoms with Crippen molar-refractivity contribution in [1.29, 1.82) is 0 Å². The summed E-state index contributed by atoms with van der Waals surface area (Å²) in [6, 6.07) is 7.32. The van der Waals surface area contributed by atoms with Crippen molar-refractivity contribution in [2.75, 3.05) is 0 Å². The van der Waals surface area contributed by atoms with Crippen LogP contribution in [0, 0.1) is 6.92 Å². The van der Waals surface area contributed by atoms with Gasteiger partial charge in [-0.15, -0.1) is 0 Å².